The van der Waals surface area contributed by atoms with Crippen LogP contribution in [0, 0.1) is 0 Å². The molecule has 0 aliphatic carbocycles. The molecule has 0 bridgehead atoms. The first-order valence-corrected chi connectivity index (χ1v) is 5.92. The molecule has 16 heavy (non-hydrogen) atoms. The molecule has 0 spiro atoms. The molecule has 0 aromatic heterocycles. The van der Waals surface area contributed by atoms with Crippen LogP contribution in [0.25, 0.3) is 0 Å². The average molecular weight is 260 g/mol. The highest BCUT2D eigenvalue weighted by atomic mass is 35.5. The number of hydrogen-bond donors (Lipinski definition) is 1. The highest BCUT2D eigenvalue weighted by molar-refractivity contribution is 6.37. The Morgan fingerprint density at radius 1 is 1.25 bits per heavy atom. The molecule has 1 aromatic rings. The van der Waals surface area contributed by atoms with Gasteiger partial charge in [0.2, 0.25) is 0 Å². The van der Waals surface area contributed by atoms with E-state index in [1.165, 1.54) is 0 Å². The van der Waals surface area contributed by atoms with Crippen LogP contribution in [-0.4, -0.2) is 17.9 Å². The van der Waals surface area contributed by atoms with E-state index in [1.54, 1.807) is 18.2 Å². The molecule has 2 nitrogen and oxygen atoms in total. The second kappa shape index (κ2) is 5.67. The summed E-state index contributed by atoms with van der Waals surface area (Å²) in [4.78, 5) is 12.0. The number of hydrogen-bond acceptors (Lipinski definition) is 2. The number of benzene rings is 1. The van der Waals surface area contributed by atoms with Crippen molar-refractivity contribution in [3.8, 4) is 0 Å². The lowest BCUT2D eigenvalue weighted by Crippen LogP contribution is -2.38. The molecule has 0 aliphatic rings. The lowest BCUT2D eigenvalue weighted by molar-refractivity contribution is 0.0947. The summed E-state index contributed by atoms with van der Waals surface area (Å²) in [5, 5.41) is 4.07. The maximum Gasteiger partial charge on any atom is 0.180 e. The number of carbonyl (C=O) groups excluding carboxylic acids is 1. The molecule has 0 heterocycles. The number of ketones is 1. The van der Waals surface area contributed by atoms with E-state index in [9.17, 15) is 4.79 Å². The van der Waals surface area contributed by atoms with Crippen LogP contribution in [0.5, 0.6) is 0 Å². The van der Waals surface area contributed by atoms with Crippen molar-refractivity contribution >= 4 is 29.0 Å². The first-order chi connectivity index (χ1) is 7.41. The fourth-order valence-corrected chi connectivity index (χ4v) is 2.00. The summed E-state index contributed by atoms with van der Waals surface area (Å²) in [7, 11) is 0. The molecule has 4 heteroatoms. The number of nitrogens with one attached hydrogen (secondary N) is 1. The van der Waals surface area contributed by atoms with Crippen molar-refractivity contribution < 1.29 is 4.79 Å². The van der Waals surface area contributed by atoms with Gasteiger partial charge < -0.3 is 5.32 Å². The Hall–Kier alpha value is -0.570. The van der Waals surface area contributed by atoms with Crippen LogP contribution >= 0.6 is 23.2 Å². The molecule has 88 valence electrons. The largest absolute Gasteiger partial charge is 0.305 e. The number of rotatable bonds is 4. The lowest BCUT2D eigenvalue weighted by Gasteiger charge is -2.16. The fraction of sp³-hybridized carbons (Fsp3) is 0.417. The average Bonchev–Trinajstić information content (AvgIpc) is 2.15. The Balaban J connectivity index is 2.88. The standard InChI is InChI=1S/C12H15Cl2NO/c1-7(2)15-8(3)12(16)10-5-4-9(13)6-11(10)14/h4-8,15H,1-3H3. The minimum atomic E-state index is -0.251. The fourth-order valence-electron chi connectivity index (χ4n) is 1.50. The monoisotopic (exact) mass is 259 g/mol. The van der Waals surface area contributed by atoms with Crippen molar-refractivity contribution in [3.63, 3.8) is 0 Å². The molecule has 1 unspecified atom stereocenters. The van der Waals surface area contributed by atoms with Gasteiger partial charge in [-0.2, -0.15) is 0 Å². The first-order valence-electron chi connectivity index (χ1n) is 5.17. The summed E-state index contributed by atoms with van der Waals surface area (Å²) >= 11 is 11.7. The smallest absolute Gasteiger partial charge is 0.180 e. The Bertz CT molecular complexity index is 391. The molecular weight excluding hydrogens is 245 g/mol. The van der Waals surface area contributed by atoms with Crippen LogP contribution in [0.2, 0.25) is 10.0 Å². The van der Waals surface area contributed by atoms with Crippen LogP contribution in [0.3, 0.4) is 0 Å². The summed E-state index contributed by atoms with van der Waals surface area (Å²) in [6, 6.07) is 4.91. The van der Waals surface area contributed by atoms with Gasteiger partial charge in [-0.25, -0.2) is 0 Å². The summed E-state index contributed by atoms with van der Waals surface area (Å²) in [6.07, 6.45) is 0. The number of Topliss-reactive ketones (excluding diaryl/α,β-unsaturated/α-hetero) is 1. The van der Waals surface area contributed by atoms with Gasteiger partial charge in [0.15, 0.2) is 5.78 Å². The Labute approximate surface area is 106 Å². The van der Waals surface area contributed by atoms with E-state index in [0.29, 0.717) is 15.6 Å². The van der Waals surface area contributed by atoms with E-state index < -0.39 is 0 Å². The number of carbonyl (C=O) groups is 1. The maximum atomic E-state index is 12.0. The molecule has 0 radical (unpaired) electrons. The van der Waals surface area contributed by atoms with Crippen LogP contribution < -0.4 is 5.32 Å². The third-order valence-corrected chi connectivity index (χ3v) is 2.72. The van der Waals surface area contributed by atoms with Crippen LogP contribution in [0.15, 0.2) is 18.2 Å². The van der Waals surface area contributed by atoms with Crippen molar-refractivity contribution in [2.45, 2.75) is 32.9 Å². The van der Waals surface area contributed by atoms with Crippen molar-refractivity contribution in [2.24, 2.45) is 0 Å². The van der Waals surface area contributed by atoms with Crippen LogP contribution in [-0.2, 0) is 0 Å². The molecule has 1 atom stereocenters. The Morgan fingerprint density at radius 3 is 2.38 bits per heavy atom. The molecule has 0 fully saturated rings. The van der Waals surface area contributed by atoms with Crippen LogP contribution in [0.4, 0.5) is 0 Å². The summed E-state index contributed by atoms with van der Waals surface area (Å²) in [6.45, 7) is 5.81. The van der Waals surface area contributed by atoms with E-state index in [2.05, 4.69) is 5.32 Å². The molecule has 0 saturated carbocycles. The Kier molecular flexibility index (Phi) is 4.78. The van der Waals surface area contributed by atoms with E-state index in [-0.39, 0.29) is 17.9 Å². The molecule has 1 aromatic carbocycles. The molecule has 0 amide bonds. The maximum absolute atomic E-state index is 12.0. The van der Waals surface area contributed by atoms with Crippen molar-refractivity contribution in [2.75, 3.05) is 0 Å². The minimum absolute atomic E-state index is 0.0182. The second-order valence-electron chi connectivity index (χ2n) is 4.03. The molecule has 1 rings (SSSR count). The van der Waals surface area contributed by atoms with Crippen molar-refractivity contribution in [1.82, 2.24) is 5.32 Å². The SMILES string of the molecule is CC(C)NC(C)C(=O)c1ccc(Cl)cc1Cl. The van der Waals surface area contributed by atoms with E-state index in [0.717, 1.165) is 0 Å². The molecule has 0 aliphatic heterocycles. The van der Waals surface area contributed by atoms with Gasteiger partial charge in [0.05, 0.1) is 11.1 Å². The predicted octanol–water partition coefficient (Wildman–Crippen LogP) is 3.56. The minimum Gasteiger partial charge on any atom is -0.305 e. The molecule has 1 N–H and O–H groups in total. The zero-order valence-electron chi connectivity index (χ0n) is 9.55. The van der Waals surface area contributed by atoms with Gasteiger partial charge in [-0.1, -0.05) is 37.0 Å². The van der Waals surface area contributed by atoms with Gasteiger partial charge in [0, 0.05) is 16.6 Å². The van der Waals surface area contributed by atoms with Gasteiger partial charge >= 0.3 is 0 Å². The van der Waals surface area contributed by atoms with Crippen LogP contribution in [0.1, 0.15) is 31.1 Å². The zero-order chi connectivity index (χ0) is 12.3. The normalized spacial score (nSPS) is 12.9. The van der Waals surface area contributed by atoms with E-state index in [1.807, 2.05) is 20.8 Å². The summed E-state index contributed by atoms with van der Waals surface area (Å²) in [5.41, 5.74) is 0.506. The van der Waals surface area contributed by atoms with E-state index >= 15 is 0 Å². The van der Waals surface area contributed by atoms with Crippen molar-refractivity contribution in [1.29, 1.82) is 0 Å². The Morgan fingerprint density at radius 2 is 1.88 bits per heavy atom. The second-order valence-corrected chi connectivity index (χ2v) is 4.88. The van der Waals surface area contributed by atoms with Gasteiger partial charge in [-0.05, 0) is 25.1 Å². The quantitative estimate of drug-likeness (QED) is 0.838. The van der Waals surface area contributed by atoms with Gasteiger partial charge in [0.1, 0.15) is 0 Å². The first kappa shape index (κ1) is 13.5. The highest BCUT2D eigenvalue weighted by Crippen LogP contribution is 2.22. The van der Waals surface area contributed by atoms with E-state index in [4.69, 9.17) is 23.2 Å². The number of halogens is 2. The zero-order valence-corrected chi connectivity index (χ0v) is 11.1. The molecule has 0 saturated heterocycles. The van der Waals surface area contributed by atoms with Gasteiger partial charge in [-0.3, -0.25) is 4.79 Å². The molecular formula is C12H15Cl2NO. The predicted molar refractivity (Wildman–Crippen MR) is 68.5 cm³/mol. The highest BCUT2D eigenvalue weighted by Gasteiger charge is 2.18. The van der Waals surface area contributed by atoms with Gasteiger partial charge in [0.25, 0.3) is 0 Å². The third kappa shape index (κ3) is 3.48. The van der Waals surface area contributed by atoms with Crippen molar-refractivity contribution in [3.05, 3.63) is 33.8 Å². The topological polar surface area (TPSA) is 29.1 Å². The summed E-state index contributed by atoms with van der Waals surface area (Å²) < 4.78 is 0. The summed E-state index contributed by atoms with van der Waals surface area (Å²) in [5.74, 6) is -0.0182. The lowest BCUT2D eigenvalue weighted by atomic mass is 10.0. The third-order valence-electron chi connectivity index (χ3n) is 2.17. The van der Waals surface area contributed by atoms with Gasteiger partial charge in [-0.15, -0.1) is 0 Å².